The maximum atomic E-state index is 12.9. The summed E-state index contributed by atoms with van der Waals surface area (Å²) >= 11 is 0. The van der Waals surface area contributed by atoms with Gasteiger partial charge in [0.25, 0.3) is 0 Å². The zero-order valence-corrected chi connectivity index (χ0v) is 26.2. The molecule has 42 heavy (non-hydrogen) atoms. The molecule has 12 heteroatoms. The van der Waals surface area contributed by atoms with Gasteiger partial charge in [-0.1, -0.05) is 19.6 Å². The van der Waals surface area contributed by atoms with Crippen LogP contribution in [0, 0.1) is 0 Å². The first kappa shape index (κ1) is 29.5. The summed E-state index contributed by atoms with van der Waals surface area (Å²) in [5.41, 5.74) is 3.58. The monoisotopic (exact) mass is 589 g/mol. The molecule has 1 saturated heterocycles. The van der Waals surface area contributed by atoms with Crippen molar-refractivity contribution in [2.45, 2.75) is 44.6 Å². The van der Waals surface area contributed by atoms with Crippen molar-refractivity contribution in [3.8, 4) is 22.8 Å². The molecular weight excluding hydrogens is 550 g/mol. The van der Waals surface area contributed by atoms with Crippen LogP contribution in [-0.2, 0) is 16.6 Å². The average Bonchev–Trinajstić information content (AvgIpc) is 3.57. The van der Waals surface area contributed by atoms with Gasteiger partial charge in [0, 0.05) is 70.3 Å². The van der Waals surface area contributed by atoms with Gasteiger partial charge in [-0.2, -0.15) is 5.10 Å². The number of hydrogen-bond acceptors (Lipinski definition) is 9. The van der Waals surface area contributed by atoms with Gasteiger partial charge in [-0.25, -0.2) is 9.97 Å². The smallest absolute Gasteiger partial charge is 0.224 e. The van der Waals surface area contributed by atoms with Crippen LogP contribution in [0.1, 0.15) is 12.8 Å². The molecule has 1 amide bonds. The lowest BCUT2D eigenvalue weighted by molar-refractivity contribution is -0.134. The summed E-state index contributed by atoms with van der Waals surface area (Å²) in [6, 6.07) is 10.6. The van der Waals surface area contributed by atoms with E-state index < -0.39 is 8.07 Å². The standard InChI is InChI=1S/C30H39N7O4Si/c1-35-18-21(16-32-35)27-17-31-26-8-9-28(34-30(26)33-27)36(23-13-24(39-2)15-25(14-23)40-3)19-22-7-10-29(38)37(22)20-41-11-12-42(4,5)6/h8-9,13-18,22H,7,10-12,19-20H2,1-6H3. The fourth-order valence-corrected chi connectivity index (χ4v) is 5.68. The van der Waals surface area contributed by atoms with E-state index in [0.29, 0.717) is 53.7 Å². The Morgan fingerprint density at radius 2 is 1.81 bits per heavy atom. The number of nitrogens with zero attached hydrogens (tertiary/aromatic N) is 7. The van der Waals surface area contributed by atoms with E-state index in [1.54, 1.807) is 31.3 Å². The molecule has 0 aliphatic carbocycles. The van der Waals surface area contributed by atoms with E-state index in [2.05, 4.69) is 34.6 Å². The number of carbonyl (C=O) groups excluding carboxylic acids is 1. The van der Waals surface area contributed by atoms with Gasteiger partial charge in [0.2, 0.25) is 5.91 Å². The van der Waals surface area contributed by atoms with Crippen molar-refractivity contribution >= 4 is 36.7 Å². The number of carbonyl (C=O) groups is 1. The Labute approximate surface area is 247 Å². The van der Waals surface area contributed by atoms with Crippen molar-refractivity contribution in [2.75, 3.05) is 39.0 Å². The number of anilines is 2. The number of aryl methyl sites for hydroxylation is 1. The molecule has 0 N–H and O–H groups in total. The maximum Gasteiger partial charge on any atom is 0.224 e. The van der Waals surface area contributed by atoms with Gasteiger partial charge in [-0.05, 0) is 24.6 Å². The van der Waals surface area contributed by atoms with Crippen LogP contribution in [0.15, 0.2) is 48.9 Å². The quantitative estimate of drug-likeness (QED) is 0.169. The molecule has 5 rings (SSSR count). The number of amides is 1. The largest absolute Gasteiger partial charge is 0.497 e. The van der Waals surface area contributed by atoms with E-state index in [9.17, 15) is 4.79 Å². The van der Waals surface area contributed by atoms with E-state index >= 15 is 0 Å². The molecule has 1 aromatic carbocycles. The number of likely N-dealkylation sites (tertiary alicyclic amines) is 1. The molecule has 4 heterocycles. The second kappa shape index (κ2) is 12.5. The van der Waals surface area contributed by atoms with Crippen LogP contribution in [0.25, 0.3) is 22.4 Å². The second-order valence-corrected chi connectivity index (χ2v) is 17.4. The summed E-state index contributed by atoms with van der Waals surface area (Å²) < 4.78 is 18.9. The van der Waals surface area contributed by atoms with Gasteiger partial charge < -0.3 is 24.0 Å². The molecule has 0 bridgehead atoms. The zero-order valence-electron chi connectivity index (χ0n) is 25.2. The summed E-state index contributed by atoms with van der Waals surface area (Å²) in [6.07, 6.45) is 6.60. The third kappa shape index (κ3) is 6.88. The van der Waals surface area contributed by atoms with Gasteiger partial charge >= 0.3 is 0 Å². The topological polar surface area (TPSA) is 108 Å². The highest BCUT2D eigenvalue weighted by atomic mass is 28.3. The lowest BCUT2D eigenvalue weighted by Crippen LogP contribution is -2.42. The predicted molar refractivity (Wildman–Crippen MR) is 165 cm³/mol. The number of aromatic nitrogens is 5. The van der Waals surface area contributed by atoms with Crippen LogP contribution in [0.5, 0.6) is 11.5 Å². The summed E-state index contributed by atoms with van der Waals surface area (Å²) in [6.45, 7) is 8.42. The zero-order chi connectivity index (χ0) is 29.9. The predicted octanol–water partition coefficient (Wildman–Crippen LogP) is 4.88. The summed E-state index contributed by atoms with van der Waals surface area (Å²) in [5.74, 6) is 2.09. The van der Waals surface area contributed by atoms with E-state index in [4.69, 9.17) is 24.2 Å². The highest BCUT2D eigenvalue weighted by Gasteiger charge is 2.33. The Hall–Kier alpha value is -4.03. The van der Waals surface area contributed by atoms with Crippen LogP contribution in [0.2, 0.25) is 25.7 Å². The number of fused-ring (bicyclic) bond motifs is 1. The maximum absolute atomic E-state index is 12.9. The second-order valence-electron chi connectivity index (χ2n) is 11.8. The molecule has 1 aliphatic heterocycles. The van der Waals surface area contributed by atoms with E-state index in [1.807, 2.05) is 48.5 Å². The lowest BCUT2D eigenvalue weighted by atomic mass is 10.1. The molecular formula is C30H39N7O4Si. The third-order valence-corrected chi connectivity index (χ3v) is 9.09. The molecule has 1 atom stereocenters. The number of benzene rings is 1. The Kier molecular flexibility index (Phi) is 8.74. The first-order valence-electron chi connectivity index (χ1n) is 14.1. The fourth-order valence-electron chi connectivity index (χ4n) is 4.92. The molecule has 222 valence electrons. The number of methoxy groups -OCH3 is 2. The van der Waals surface area contributed by atoms with E-state index in [1.165, 1.54) is 0 Å². The van der Waals surface area contributed by atoms with E-state index in [-0.39, 0.29) is 18.7 Å². The highest BCUT2D eigenvalue weighted by Crippen LogP contribution is 2.34. The molecule has 0 saturated carbocycles. The number of ether oxygens (including phenoxy) is 3. The first-order valence-corrected chi connectivity index (χ1v) is 17.8. The van der Waals surface area contributed by atoms with Crippen molar-refractivity contribution < 1.29 is 19.0 Å². The summed E-state index contributed by atoms with van der Waals surface area (Å²) in [7, 11) is 3.89. The van der Waals surface area contributed by atoms with Crippen LogP contribution < -0.4 is 14.4 Å². The summed E-state index contributed by atoms with van der Waals surface area (Å²) in [5, 5.41) is 4.26. The fraction of sp³-hybridized carbons (Fsp3) is 0.433. The first-order chi connectivity index (χ1) is 20.1. The lowest BCUT2D eigenvalue weighted by Gasteiger charge is -2.32. The van der Waals surface area contributed by atoms with Crippen molar-refractivity contribution in [3.63, 3.8) is 0 Å². The van der Waals surface area contributed by atoms with Crippen LogP contribution in [0.4, 0.5) is 11.5 Å². The van der Waals surface area contributed by atoms with Gasteiger partial charge in [0.1, 0.15) is 29.6 Å². The Morgan fingerprint density at radius 3 is 2.48 bits per heavy atom. The van der Waals surface area contributed by atoms with Gasteiger partial charge in [-0.3, -0.25) is 14.5 Å². The Balaban J connectivity index is 1.49. The van der Waals surface area contributed by atoms with Crippen LogP contribution >= 0.6 is 0 Å². The molecule has 4 aromatic rings. The minimum absolute atomic E-state index is 0.0631. The van der Waals surface area contributed by atoms with Crippen molar-refractivity contribution in [3.05, 3.63) is 48.9 Å². The van der Waals surface area contributed by atoms with Gasteiger partial charge in [0.15, 0.2) is 5.65 Å². The molecule has 1 fully saturated rings. The normalized spacial score (nSPS) is 15.4. The SMILES string of the molecule is COc1cc(OC)cc(N(CC2CCC(=O)N2COCC[Si](C)(C)C)c2ccc3ncc(-c4cnn(C)c4)nc3n2)c1. The van der Waals surface area contributed by atoms with Crippen LogP contribution in [0.3, 0.4) is 0 Å². The molecule has 3 aromatic heterocycles. The van der Waals surface area contributed by atoms with Gasteiger partial charge in [-0.15, -0.1) is 0 Å². The Morgan fingerprint density at radius 1 is 1.05 bits per heavy atom. The minimum atomic E-state index is -1.23. The molecule has 0 radical (unpaired) electrons. The highest BCUT2D eigenvalue weighted by molar-refractivity contribution is 6.76. The molecule has 1 unspecified atom stereocenters. The number of rotatable bonds is 12. The van der Waals surface area contributed by atoms with Crippen molar-refractivity contribution in [2.24, 2.45) is 7.05 Å². The number of pyridine rings is 1. The molecule has 11 nitrogen and oxygen atoms in total. The molecule has 1 aliphatic rings. The third-order valence-electron chi connectivity index (χ3n) is 7.39. The Bertz CT molecular complexity index is 1530. The van der Waals surface area contributed by atoms with Crippen molar-refractivity contribution in [1.29, 1.82) is 0 Å². The van der Waals surface area contributed by atoms with E-state index in [0.717, 1.165) is 23.7 Å². The van der Waals surface area contributed by atoms with Crippen molar-refractivity contribution in [1.82, 2.24) is 29.6 Å². The van der Waals surface area contributed by atoms with Gasteiger partial charge in [0.05, 0.1) is 38.3 Å². The minimum Gasteiger partial charge on any atom is -0.497 e. The summed E-state index contributed by atoms with van der Waals surface area (Å²) in [4.78, 5) is 31.2. The van der Waals surface area contributed by atoms with Crippen LogP contribution in [-0.4, -0.2) is 83.8 Å². The molecule has 0 spiro atoms. The number of hydrogen-bond donors (Lipinski definition) is 0. The average molecular weight is 590 g/mol.